The summed E-state index contributed by atoms with van der Waals surface area (Å²) in [5.41, 5.74) is 3.55. The first-order chi connectivity index (χ1) is 20.6. The van der Waals surface area contributed by atoms with E-state index in [1.807, 2.05) is 33.8 Å². The highest BCUT2D eigenvalue weighted by atomic mass is 35.5. The Bertz CT molecular complexity index is 1620. The van der Waals surface area contributed by atoms with Crippen LogP contribution in [0.15, 0.2) is 60.2 Å². The third-order valence-electron chi connectivity index (χ3n) is 6.61. The van der Waals surface area contributed by atoms with Crippen molar-refractivity contribution in [1.82, 2.24) is 19.9 Å². The number of hydrogen-bond acceptors (Lipinski definition) is 9. The molecule has 0 aliphatic carbocycles. The molecule has 0 spiro atoms. The van der Waals surface area contributed by atoms with Crippen molar-refractivity contribution in [3.63, 3.8) is 0 Å². The number of ether oxygens (including phenoxy) is 2. The largest absolute Gasteiger partial charge is 0.444 e. The summed E-state index contributed by atoms with van der Waals surface area (Å²) in [6.07, 6.45) is 3.08. The zero-order valence-corrected chi connectivity index (χ0v) is 26.0. The summed E-state index contributed by atoms with van der Waals surface area (Å²) >= 11 is 7.59. The molecular formula is C31H33ClN6O4S. The van der Waals surface area contributed by atoms with Crippen LogP contribution in [0.1, 0.15) is 49.5 Å². The van der Waals surface area contributed by atoms with Gasteiger partial charge in [0.15, 0.2) is 0 Å². The predicted molar refractivity (Wildman–Crippen MR) is 168 cm³/mol. The smallest absolute Gasteiger partial charge is 0.410 e. The van der Waals surface area contributed by atoms with Gasteiger partial charge in [-0.3, -0.25) is 4.79 Å². The monoisotopic (exact) mass is 620 g/mol. The quantitative estimate of drug-likeness (QED) is 0.219. The number of carbonyl (C=O) groups is 2. The summed E-state index contributed by atoms with van der Waals surface area (Å²) in [4.78, 5) is 41.5. The van der Waals surface area contributed by atoms with Crippen LogP contribution in [0.25, 0.3) is 10.6 Å². The number of aryl methyl sites for hydroxylation is 1. The predicted octanol–water partition coefficient (Wildman–Crippen LogP) is 7.42. The zero-order valence-electron chi connectivity index (χ0n) is 24.4. The number of aromatic nitrogens is 3. The number of thiazole rings is 1. The number of amides is 2. The first kappa shape index (κ1) is 30.2. The van der Waals surface area contributed by atoms with Crippen LogP contribution in [0.4, 0.5) is 16.4 Å². The molecule has 1 aliphatic rings. The lowest BCUT2D eigenvalue weighted by Crippen LogP contribution is -2.47. The Labute approximate surface area is 259 Å². The molecule has 2 aromatic carbocycles. The van der Waals surface area contributed by atoms with Gasteiger partial charge in [-0.2, -0.15) is 0 Å². The maximum absolute atomic E-state index is 12.9. The van der Waals surface area contributed by atoms with Crippen molar-refractivity contribution >= 4 is 46.6 Å². The number of carbonyl (C=O) groups excluding carboxylic acids is 2. The van der Waals surface area contributed by atoms with Crippen LogP contribution in [0, 0.1) is 6.92 Å². The van der Waals surface area contributed by atoms with Crippen molar-refractivity contribution in [2.24, 2.45) is 0 Å². The standard InChI is InChI=1S/C31H33ClN6O4S/c1-19-11-12-20(27(39)36-23-10-6-5-9-22(23)32)16-25(19)41-28-26(43-18-34-28)24-13-14-33-29(37-24)35-21-8-7-15-38(17-21)30(40)42-31(2,3)4/h5-6,9-14,16,18,21H,7-8,15,17H2,1-4H3,(H,36,39)(H,33,35,37)/t21-/m0/s1. The van der Waals surface area contributed by atoms with E-state index in [0.29, 0.717) is 52.6 Å². The second-order valence-electron chi connectivity index (χ2n) is 11.2. The number of likely N-dealkylation sites (tertiary alicyclic amines) is 1. The summed E-state index contributed by atoms with van der Waals surface area (Å²) < 4.78 is 11.8. The van der Waals surface area contributed by atoms with Gasteiger partial charge in [-0.1, -0.05) is 29.8 Å². The lowest BCUT2D eigenvalue weighted by Gasteiger charge is -2.34. The second kappa shape index (κ2) is 13.0. The molecule has 1 fully saturated rings. The summed E-state index contributed by atoms with van der Waals surface area (Å²) in [5, 5.41) is 6.66. The maximum Gasteiger partial charge on any atom is 0.410 e. The highest BCUT2D eigenvalue weighted by Crippen LogP contribution is 2.36. The molecule has 2 aromatic heterocycles. The van der Waals surface area contributed by atoms with E-state index in [1.165, 1.54) is 11.3 Å². The second-order valence-corrected chi connectivity index (χ2v) is 12.4. The molecule has 1 aliphatic heterocycles. The van der Waals surface area contributed by atoms with E-state index in [1.54, 1.807) is 59.1 Å². The summed E-state index contributed by atoms with van der Waals surface area (Å²) in [5.74, 6) is 1.00. The molecule has 0 unspecified atom stereocenters. The molecule has 2 amide bonds. The minimum Gasteiger partial charge on any atom is -0.444 e. The van der Waals surface area contributed by atoms with Crippen molar-refractivity contribution in [1.29, 1.82) is 0 Å². The van der Waals surface area contributed by atoms with Crippen LogP contribution in [0.5, 0.6) is 11.6 Å². The fourth-order valence-electron chi connectivity index (χ4n) is 4.52. The van der Waals surface area contributed by atoms with E-state index < -0.39 is 5.60 Å². The van der Waals surface area contributed by atoms with Gasteiger partial charge >= 0.3 is 6.09 Å². The van der Waals surface area contributed by atoms with Crippen molar-refractivity contribution in [3.8, 4) is 22.2 Å². The van der Waals surface area contributed by atoms with Gasteiger partial charge in [0.2, 0.25) is 11.8 Å². The zero-order chi connectivity index (χ0) is 30.6. The Morgan fingerprint density at radius 2 is 1.93 bits per heavy atom. The van der Waals surface area contributed by atoms with Crippen LogP contribution in [-0.2, 0) is 4.74 Å². The molecule has 5 rings (SSSR count). The van der Waals surface area contributed by atoms with Crippen LogP contribution >= 0.6 is 22.9 Å². The van der Waals surface area contributed by atoms with E-state index in [-0.39, 0.29) is 18.0 Å². The van der Waals surface area contributed by atoms with Crippen LogP contribution < -0.4 is 15.4 Å². The average molecular weight is 621 g/mol. The number of halogens is 1. The molecule has 1 atom stereocenters. The van der Waals surface area contributed by atoms with Gasteiger partial charge in [-0.05, 0) is 76.4 Å². The SMILES string of the molecule is Cc1ccc(C(=O)Nc2ccccc2Cl)cc1Oc1ncsc1-c1ccnc(N[C@H]2CCCN(C(=O)OC(C)(C)C)C2)n1. The van der Waals surface area contributed by atoms with Crippen LogP contribution in [0.3, 0.4) is 0 Å². The van der Waals surface area contributed by atoms with Crippen molar-refractivity contribution in [2.45, 2.75) is 52.2 Å². The Balaban J connectivity index is 1.29. The minimum atomic E-state index is -0.549. The molecule has 12 heteroatoms. The summed E-state index contributed by atoms with van der Waals surface area (Å²) in [6.45, 7) is 8.62. The molecule has 2 N–H and O–H groups in total. The molecule has 0 saturated carbocycles. The topological polar surface area (TPSA) is 119 Å². The van der Waals surface area contributed by atoms with Gasteiger partial charge in [0.1, 0.15) is 16.2 Å². The normalized spacial score (nSPS) is 15.1. The highest BCUT2D eigenvalue weighted by Gasteiger charge is 2.28. The molecule has 0 radical (unpaired) electrons. The third-order valence-corrected chi connectivity index (χ3v) is 7.77. The summed E-state index contributed by atoms with van der Waals surface area (Å²) in [7, 11) is 0. The van der Waals surface area contributed by atoms with Crippen LogP contribution in [-0.4, -0.2) is 56.6 Å². The Kier molecular flexibility index (Phi) is 9.12. The number of piperidine rings is 1. The van der Waals surface area contributed by atoms with E-state index in [0.717, 1.165) is 23.3 Å². The minimum absolute atomic E-state index is 0.0176. The number of para-hydroxylation sites is 1. The highest BCUT2D eigenvalue weighted by molar-refractivity contribution is 7.13. The van der Waals surface area contributed by atoms with Crippen molar-refractivity contribution < 1.29 is 19.1 Å². The molecular weight excluding hydrogens is 588 g/mol. The van der Waals surface area contributed by atoms with Gasteiger partial charge in [0, 0.05) is 30.9 Å². The van der Waals surface area contributed by atoms with E-state index in [9.17, 15) is 9.59 Å². The first-order valence-electron chi connectivity index (χ1n) is 13.9. The van der Waals surface area contributed by atoms with E-state index in [4.69, 9.17) is 26.1 Å². The molecule has 10 nitrogen and oxygen atoms in total. The molecule has 4 aromatic rings. The number of nitrogens with one attached hydrogen (secondary N) is 2. The Hall–Kier alpha value is -4.22. The fraction of sp³-hybridized carbons (Fsp3) is 0.323. The van der Waals surface area contributed by atoms with Gasteiger partial charge in [-0.15, -0.1) is 11.3 Å². The van der Waals surface area contributed by atoms with E-state index in [2.05, 4.69) is 20.6 Å². The van der Waals surface area contributed by atoms with Crippen molar-refractivity contribution in [2.75, 3.05) is 23.7 Å². The Morgan fingerprint density at radius 3 is 2.72 bits per heavy atom. The first-order valence-corrected chi connectivity index (χ1v) is 15.2. The molecule has 224 valence electrons. The Morgan fingerprint density at radius 1 is 1.12 bits per heavy atom. The molecule has 1 saturated heterocycles. The van der Waals surface area contributed by atoms with Crippen LogP contribution in [0.2, 0.25) is 5.02 Å². The van der Waals surface area contributed by atoms with Gasteiger partial charge in [0.05, 0.1) is 21.9 Å². The van der Waals surface area contributed by atoms with Crippen molar-refractivity contribution in [3.05, 3.63) is 76.4 Å². The number of benzene rings is 2. The average Bonchev–Trinajstić information content (AvgIpc) is 3.43. The van der Waals surface area contributed by atoms with Gasteiger partial charge in [-0.25, -0.2) is 19.7 Å². The molecule has 0 bridgehead atoms. The summed E-state index contributed by atoms with van der Waals surface area (Å²) in [6, 6.07) is 14.1. The van der Waals surface area contributed by atoms with Gasteiger partial charge < -0.3 is 25.0 Å². The maximum atomic E-state index is 12.9. The molecule has 43 heavy (non-hydrogen) atoms. The number of anilines is 2. The third kappa shape index (κ3) is 7.79. The lowest BCUT2D eigenvalue weighted by atomic mass is 10.1. The van der Waals surface area contributed by atoms with E-state index >= 15 is 0 Å². The fourth-order valence-corrected chi connectivity index (χ4v) is 5.38. The lowest BCUT2D eigenvalue weighted by molar-refractivity contribution is 0.0206. The molecule has 3 heterocycles. The number of hydrogen-bond donors (Lipinski definition) is 2. The number of nitrogens with zero attached hydrogens (tertiary/aromatic N) is 4. The number of rotatable bonds is 7. The van der Waals surface area contributed by atoms with Gasteiger partial charge in [0.25, 0.3) is 5.91 Å².